The van der Waals surface area contributed by atoms with Crippen LogP contribution in [0.3, 0.4) is 0 Å². The van der Waals surface area contributed by atoms with E-state index in [4.69, 9.17) is 0 Å². The molecule has 0 spiro atoms. The van der Waals surface area contributed by atoms with Crippen LogP contribution in [0.25, 0.3) is 0 Å². The number of carbonyl (C=O) groups excluding carboxylic acids is 1. The molecule has 0 radical (unpaired) electrons. The van der Waals surface area contributed by atoms with Crippen molar-refractivity contribution in [2.45, 2.75) is 38.5 Å². The SMILES string of the molecule is CCc1nnsc1C(=O)NC[C@H]1CCCc2ccccc21. The smallest absolute Gasteiger partial charge is 0.264 e. The molecule has 1 heterocycles. The minimum absolute atomic E-state index is 0.0371. The largest absolute Gasteiger partial charge is 0.351 e. The van der Waals surface area contributed by atoms with Crippen molar-refractivity contribution in [3.8, 4) is 0 Å². The van der Waals surface area contributed by atoms with Gasteiger partial charge in [0, 0.05) is 12.5 Å². The van der Waals surface area contributed by atoms with Gasteiger partial charge in [-0.05, 0) is 48.3 Å². The highest BCUT2D eigenvalue weighted by atomic mass is 32.1. The van der Waals surface area contributed by atoms with E-state index < -0.39 is 0 Å². The van der Waals surface area contributed by atoms with Gasteiger partial charge in [0.15, 0.2) is 0 Å². The summed E-state index contributed by atoms with van der Waals surface area (Å²) in [7, 11) is 0. The first kappa shape index (κ1) is 14.2. The number of hydrogen-bond donors (Lipinski definition) is 1. The van der Waals surface area contributed by atoms with Crippen LogP contribution >= 0.6 is 11.5 Å². The summed E-state index contributed by atoms with van der Waals surface area (Å²) in [6.07, 6.45) is 4.23. The van der Waals surface area contributed by atoms with Crippen molar-refractivity contribution in [2.24, 2.45) is 0 Å². The molecule has 1 atom stereocenters. The van der Waals surface area contributed by atoms with Crippen molar-refractivity contribution in [2.75, 3.05) is 6.54 Å². The van der Waals surface area contributed by atoms with Gasteiger partial charge in [-0.1, -0.05) is 35.7 Å². The summed E-state index contributed by atoms with van der Waals surface area (Å²) in [6.45, 7) is 2.68. The zero-order chi connectivity index (χ0) is 14.7. The Labute approximate surface area is 128 Å². The summed E-state index contributed by atoms with van der Waals surface area (Å²) >= 11 is 1.18. The molecule has 110 valence electrons. The highest BCUT2D eigenvalue weighted by molar-refractivity contribution is 7.08. The van der Waals surface area contributed by atoms with Crippen LogP contribution in [0, 0.1) is 0 Å². The second-order valence-electron chi connectivity index (χ2n) is 5.40. The van der Waals surface area contributed by atoms with Crippen LogP contribution in [-0.4, -0.2) is 22.0 Å². The Morgan fingerprint density at radius 1 is 1.43 bits per heavy atom. The molecule has 2 aromatic rings. The summed E-state index contributed by atoms with van der Waals surface area (Å²) < 4.78 is 3.88. The predicted octanol–water partition coefficient (Wildman–Crippen LogP) is 2.95. The molecule has 21 heavy (non-hydrogen) atoms. The fourth-order valence-corrected chi connectivity index (χ4v) is 3.64. The van der Waals surface area contributed by atoms with Crippen molar-refractivity contribution in [3.05, 3.63) is 46.0 Å². The Bertz CT molecular complexity index is 638. The molecule has 0 aliphatic heterocycles. The lowest BCUT2D eigenvalue weighted by Gasteiger charge is -2.25. The number of benzene rings is 1. The third-order valence-corrected chi connectivity index (χ3v) is 4.87. The van der Waals surface area contributed by atoms with Crippen LogP contribution in [0.4, 0.5) is 0 Å². The van der Waals surface area contributed by atoms with Gasteiger partial charge in [-0.15, -0.1) is 5.10 Å². The molecule has 0 saturated heterocycles. The molecule has 0 fully saturated rings. The Balaban J connectivity index is 1.67. The maximum Gasteiger partial charge on any atom is 0.264 e. The van der Waals surface area contributed by atoms with E-state index in [1.54, 1.807) is 0 Å². The summed E-state index contributed by atoms with van der Waals surface area (Å²) in [5.41, 5.74) is 3.61. The number of aromatic nitrogens is 2. The predicted molar refractivity (Wildman–Crippen MR) is 83.7 cm³/mol. The van der Waals surface area contributed by atoms with E-state index in [-0.39, 0.29) is 5.91 Å². The van der Waals surface area contributed by atoms with Crippen molar-refractivity contribution in [3.63, 3.8) is 0 Å². The number of fused-ring (bicyclic) bond motifs is 1. The minimum Gasteiger partial charge on any atom is -0.351 e. The average Bonchev–Trinajstić information content (AvgIpc) is 3.01. The maximum absolute atomic E-state index is 12.3. The van der Waals surface area contributed by atoms with Gasteiger partial charge in [0.25, 0.3) is 5.91 Å². The van der Waals surface area contributed by atoms with Crippen LogP contribution in [-0.2, 0) is 12.8 Å². The van der Waals surface area contributed by atoms with Crippen molar-refractivity contribution in [1.82, 2.24) is 14.9 Å². The molecule has 1 N–H and O–H groups in total. The van der Waals surface area contributed by atoms with Crippen molar-refractivity contribution >= 4 is 17.4 Å². The molecular formula is C16H19N3OS. The quantitative estimate of drug-likeness (QED) is 0.944. The second-order valence-corrected chi connectivity index (χ2v) is 6.15. The monoisotopic (exact) mass is 301 g/mol. The molecule has 0 saturated carbocycles. The first-order valence-corrected chi connectivity index (χ1v) is 8.24. The van der Waals surface area contributed by atoms with Gasteiger partial charge < -0.3 is 5.32 Å². The van der Waals surface area contributed by atoms with E-state index in [2.05, 4.69) is 39.2 Å². The van der Waals surface area contributed by atoms with Crippen LogP contribution in [0.1, 0.15) is 52.2 Å². The van der Waals surface area contributed by atoms with Crippen LogP contribution in [0.15, 0.2) is 24.3 Å². The van der Waals surface area contributed by atoms with Crippen molar-refractivity contribution < 1.29 is 4.79 Å². The molecule has 1 aromatic heterocycles. The van der Waals surface area contributed by atoms with E-state index in [0.29, 0.717) is 17.3 Å². The zero-order valence-electron chi connectivity index (χ0n) is 12.1. The van der Waals surface area contributed by atoms with E-state index in [0.717, 1.165) is 25.0 Å². The third-order valence-electron chi connectivity index (χ3n) is 4.10. The Kier molecular flexibility index (Phi) is 4.29. The molecule has 0 bridgehead atoms. The number of aryl methyl sites for hydroxylation is 2. The van der Waals surface area contributed by atoms with E-state index in [1.165, 1.54) is 29.1 Å². The molecule has 3 rings (SSSR count). The lowest BCUT2D eigenvalue weighted by Crippen LogP contribution is -2.30. The number of amides is 1. The summed E-state index contributed by atoms with van der Waals surface area (Å²) in [6, 6.07) is 8.57. The first-order valence-electron chi connectivity index (χ1n) is 7.46. The number of rotatable bonds is 4. The molecule has 1 aliphatic rings. The minimum atomic E-state index is -0.0371. The number of nitrogens with one attached hydrogen (secondary N) is 1. The Morgan fingerprint density at radius 3 is 3.14 bits per heavy atom. The van der Waals surface area contributed by atoms with E-state index in [9.17, 15) is 4.79 Å². The second kappa shape index (κ2) is 6.35. The molecule has 1 aliphatic carbocycles. The average molecular weight is 301 g/mol. The summed E-state index contributed by atoms with van der Waals surface area (Å²) in [5, 5.41) is 7.06. The first-order chi connectivity index (χ1) is 10.3. The highest BCUT2D eigenvalue weighted by Gasteiger charge is 2.21. The fraction of sp³-hybridized carbons (Fsp3) is 0.438. The van der Waals surface area contributed by atoms with Crippen LogP contribution in [0.5, 0.6) is 0 Å². The molecule has 4 nitrogen and oxygen atoms in total. The van der Waals surface area contributed by atoms with Gasteiger partial charge in [0.2, 0.25) is 0 Å². The lowest BCUT2D eigenvalue weighted by atomic mass is 9.83. The molecule has 1 aromatic carbocycles. The molecule has 0 unspecified atom stereocenters. The van der Waals surface area contributed by atoms with E-state index in [1.807, 2.05) is 6.92 Å². The van der Waals surface area contributed by atoms with Gasteiger partial charge >= 0.3 is 0 Å². The molecular weight excluding hydrogens is 282 g/mol. The van der Waals surface area contributed by atoms with Crippen molar-refractivity contribution in [1.29, 1.82) is 0 Å². The normalized spacial score (nSPS) is 17.3. The lowest BCUT2D eigenvalue weighted by molar-refractivity contribution is 0.0953. The van der Waals surface area contributed by atoms with E-state index >= 15 is 0 Å². The highest BCUT2D eigenvalue weighted by Crippen LogP contribution is 2.30. The van der Waals surface area contributed by atoms with Gasteiger partial charge in [-0.3, -0.25) is 4.79 Å². The Morgan fingerprint density at radius 2 is 2.29 bits per heavy atom. The topological polar surface area (TPSA) is 54.9 Å². The molecule has 5 heteroatoms. The number of hydrogen-bond acceptors (Lipinski definition) is 4. The Hall–Kier alpha value is -1.75. The zero-order valence-corrected chi connectivity index (χ0v) is 12.9. The standard InChI is InChI=1S/C16H19N3OS/c1-2-14-15(21-19-18-14)16(20)17-10-12-8-5-7-11-6-3-4-9-13(11)12/h3-4,6,9,12H,2,5,7-8,10H2,1H3,(H,17,20)/t12-/m1/s1. The van der Waals surface area contributed by atoms with Crippen LogP contribution in [0.2, 0.25) is 0 Å². The third kappa shape index (κ3) is 2.97. The van der Waals surface area contributed by atoms with Gasteiger partial charge in [-0.2, -0.15) is 0 Å². The number of nitrogens with zero attached hydrogens (tertiary/aromatic N) is 2. The maximum atomic E-state index is 12.3. The summed E-state index contributed by atoms with van der Waals surface area (Å²) in [5.74, 6) is 0.384. The summed E-state index contributed by atoms with van der Waals surface area (Å²) in [4.78, 5) is 12.9. The van der Waals surface area contributed by atoms with Gasteiger partial charge in [-0.25, -0.2) is 0 Å². The number of carbonyl (C=O) groups is 1. The fourth-order valence-electron chi connectivity index (χ4n) is 2.98. The van der Waals surface area contributed by atoms with Gasteiger partial charge in [0.05, 0.1) is 5.69 Å². The van der Waals surface area contributed by atoms with Crippen LogP contribution < -0.4 is 5.32 Å². The molecule has 1 amide bonds. The van der Waals surface area contributed by atoms with Gasteiger partial charge in [0.1, 0.15) is 4.88 Å².